The lowest BCUT2D eigenvalue weighted by Gasteiger charge is -2.46. The summed E-state index contributed by atoms with van der Waals surface area (Å²) in [5.74, 6) is -0.244. The summed E-state index contributed by atoms with van der Waals surface area (Å²) in [5.41, 5.74) is 0. The molecule has 2 rings (SSSR count). The van der Waals surface area contributed by atoms with Crippen molar-refractivity contribution in [3.63, 3.8) is 0 Å². The molecular weight excluding hydrogens is 991 g/mol. The van der Waals surface area contributed by atoms with Crippen LogP contribution in [0.3, 0.4) is 0 Å². The van der Waals surface area contributed by atoms with E-state index in [4.69, 9.17) is 18.9 Å². The Labute approximate surface area is 471 Å². The van der Waals surface area contributed by atoms with Crippen molar-refractivity contribution in [2.24, 2.45) is 0 Å². The van der Waals surface area contributed by atoms with Gasteiger partial charge in [-0.2, -0.15) is 0 Å². The van der Waals surface area contributed by atoms with Crippen molar-refractivity contribution >= 4 is 5.91 Å². The predicted octanol–water partition coefficient (Wildman–Crippen LogP) is 10.9. The summed E-state index contributed by atoms with van der Waals surface area (Å²) in [6.07, 6.45) is 49.3. The number of hydrogen-bond acceptors (Lipinski definition) is 13. The Morgan fingerprint density at radius 2 is 0.885 bits per heavy atom. The molecule has 9 N–H and O–H groups in total. The van der Waals surface area contributed by atoms with E-state index >= 15 is 0 Å². The molecule has 0 aromatic carbocycles. The Hall–Kier alpha value is -2.83. The molecule has 0 aromatic heterocycles. The molecule has 78 heavy (non-hydrogen) atoms. The first-order valence-corrected chi connectivity index (χ1v) is 30.8. The number of aliphatic hydroxyl groups is 8. The smallest absolute Gasteiger partial charge is 0.220 e. The molecule has 0 bridgehead atoms. The van der Waals surface area contributed by atoms with Crippen molar-refractivity contribution in [1.29, 1.82) is 0 Å². The van der Waals surface area contributed by atoms with Gasteiger partial charge in [0.1, 0.15) is 48.8 Å². The molecule has 12 unspecified atom stereocenters. The fourth-order valence-corrected chi connectivity index (χ4v) is 9.65. The minimum Gasteiger partial charge on any atom is -0.394 e. The van der Waals surface area contributed by atoms with E-state index in [1.165, 1.54) is 116 Å². The highest BCUT2D eigenvalue weighted by Gasteiger charge is 2.51. The molecule has 0 aliphatic carbocycles. The molecule has 2 saturated heterocycles. The maximum absolute atomic E-state index is 13.2. The molecular formula is C64H111NO13. The number of aliphatic hydroxyl groups excluding tert-OH is 8. The molecule has 2 heterocycles. The number of hydrogen-bond donors (Lipinski definition) is 9. The first kappa shape index (κ1) is 71.3. The first-order valence-electron chi connectivity index (χ1n) is 30.8. The number of amides is 1. The van der Waals surface area contributed by atoms with Crippen molar-refractivity contribution < 1.29 is 64.6 Å². The SMILES string of the molecule is CC/C=C\C/C=C\C/C=C\C/C=C\C/C=C\C/C=C\CCCCCCCCCCCCCCCCC(=O)NC(COC1OC(CO)C(OC2OC(CO)C(O)C(O)C2O)C(O)C1O)C(O)/C=C/CCCCCCCCCCC. The van der Waals surface area contributed by atoms with Crippen LogP contribution in [0.25, 0.3) is 0 Å². The second-order valence-corrected chi connectivity index (χ2v) is 21.5. The van der Waals surface area contributed by atoms with Crippen LogP contribution in [0.1, 0.15) is 219 Å². The van der Waals surface area contributed by atoms with Gasteiger partial charge in [-0.15, -0.1) is 0 Å². The van der Waals surface area contributed by atoms with E-state index in [9.17, 15) is 45.6 Å². The monoisotopic (exact) mass is 1100 g/mol. The maximum Gasteiger partial charge on any atom is 0.220 e. The van der Waals surface area contributed by atoms with Crippen LogP contribution in [-0.4, -0.2) is 140 Å². The summed E-state index contributed by atoms with van der Waals surface area (Å²) in [6, 6.07) is -0.917. The Kier molecular flexibility index (Phi) is 44.6. The molecule has 0 radical (unpaired) electrons. The predicted molar refractivity (Wildman–Crippen MR) is 313 cm³/mol. The summed E-state index contributed by atoms with van der Waals surface area (Å²) in [7, 11) is 0. The molecule has 2 fully saturated rings. The van der Waals surface area contributed by atoms with E-state index in [1.807, 2.05) is 6.08 Å². The van der Waals surface area contributed by atoms with Crippen LogP contribution in [-0.2, 0) is 23.7 Å². The van der Waals surface area contributed by atoms with Gasteiger partial charge >= 0.3 is 0 Å². The van der Waals surface area contributed by atoms with E-state index in [-0.39, 0.29) is 18.9 Å². The second kappa shape index (κ2) is 48.8. The van der Waals surface area contributed by atoms with Gasteiger partial charge in [-0.25, -0.2) is 0 Å². The largest absolute Gasteiger partial charge is 0.394 e. The maximum atomic E-state index is 13.2. The van der Waals surface area contributed by atoms with Gasteiger partial charge in [-0.3, -0.25) is 4.79 Å². The lowest BCUT2D eigenvalue weighted by Crippen LogP contribution is -2.65. The van der Waals surface area contributed by atoms with Crippen LogP contribution >= 0.6 is 0 Å². The molecule has 14 heteroatoms. The van der Waals surface area contributed by atoms with Crippen molar-refractivity contribution in [2.75, 3.05) is 19.8 Å². The summed E-state index contributed by atoms with van der Waals surface area (Å²) in [6.45, 7) is 2.65. The highest BCUT2D eigenvalue weighted by Crippen LogP contribution is 2.30. The number of nitrogens with one attached hydrogen (secondary N) is 1. The van der Waals surface area contributed by atoms with E-state index in [0.717, 1.165) is 77.0 Å². The average molecular weight is 1100 g/mol. The minimum absolute atomic E-state index is 0.244. The van der Waals surface area contributed by atoms with Crippen molar-refractivity contribution in [2.45, 2.75) is 293 Å². The first-order chi connectivity index (χ1) is 38.1. The normalized spacial score (nSPS) is 25.2. The Bertz CT molecular complexity index is 1630. The molecule has 1 amide bonds. The molecule has 14 nitrogen and oxygen atoms in total. The molecule has 12 atom stereocenters. The fourth-order valence-electron chi connectivity index (χ4n) is 9.65. The highest BCUT2D eigenvalue weighted by molar-refractivity contribution is 5.76. The minimum atomic E-state index is -1.79. The number of ether oxygens (including phenoxy) is 4. The Morgan fingerprint density at radius 3 is 1.36 bits per heavy atom. The van der Waals surface area contributed by atoms with Gasteiger partial charge in [0.05, 0.1) is 32.0 Å². The van der Waals surface area contributed by atoms with E-state index in [1.54, 1.807) is 6.08 Å². The van der Waals surface area contributed by atoms with Crippen LogP contribution in [0.15, 0.2) is 85.1 Å². The lowest BCUT2D eigenvalue weighted by molar-refractivity contribution is -0.359. The fraction of sp³-hybridized carbons (Fsp3) is 0.766. The molecule has 2 aliphatic heterocycles. The van der Waals surface area contributed by atoms with E-state index in [2.05, 4.69) is 92.1 Å². The third kappa shape index (κ3) is 33.8. The quantitative estimate of drug-likeness (QED) is 0.0204. The van der Waals surface area contributed by atoms with Crippen LogP contribution in [0.5, 0.6) is 0 Å². The highest BCUT2D eigenvalue weighted by atomic mass is 16.7. The topological polar surface area (TPSA) is 228 Å². The Balaban J connectivity index is 1.64. The van der Waals surface area contributed by atoms with Gasteiger partial charge in [0.15, 0.2) is 12.6 Å². The molecule has 450 valence electrons. The molecule has 0 spiro atoms. The van der Waals surface area contributed by atoms with E-state index < -0.39 is 86.8 Å². The van der Waals surface area contributed by atoms with E-state index in [0.29, 0.717) is 6.42 Å². The summed E-state index contributed by atoms with van der Waals surface area (Å²) < 4.78 is 22.7. The second-order valence-electron chi connectivity index (χ2n) is 21.5. The summed E-state index contributed by atoms with van der Waals surface area (Å²) in [4.78, 5) is 13.2. The zero-order valence-electron chi connectivity index (χ0n) is 48.4. The van der Waals surface area contributed by atoms with Gasteiger partial charge in [0.2, 0.25) is 5.91 Å². The summed E-state index contributed by atoms with van der Waals surface area (Å²) >= 11 is 0. The third-order valence-electron chi connectivity index (χ3n) is 14.6. The molecule has 0 saturated carbocycles. The zero-order valence-corrected chi connectivity index (χ0v) is 48.4. The molecule has 0 aromatic rings. The van der Waals surface area contributed by atoms with Crippen molar-refractivity contribution in [1.82, 2.24) is 5.32 Å². The molecule has 2 aliphatic rings. The third-order valence-corrected chi connectivity index (χ3v) is 14.6. The van der Waals surface area contributed by atoms with Gasteiger partial charge in [0, 0.05) is 6.42 Å². The zero-order chi connectivity index (χ0) is 56.7. The number of unbranched alkanes of at least 4 members (excludes halogenated alkanes) is 23. The number of carbonyl (C=O) groups is 1. The van der Waals surface area contributed by atoms with Gasteiger partial charge in [-0.1, -0.05) is 227 Å². The van der Waals surface area contributed by atoms with Gasteiger partial charge in [-0.05, 0) is 70.6 Å². The number of rotatable bonds is 48. The van der Waals surface area contributed by atoms with Crippen molar-refractivity contribution in [3.8, 4) is 0 Å². The van der Waals surface area contributed by atoms with Crippen LogP contribution < -0.4 is 5.32 Å². The van der Waals surface area contributed by atoms with Gasteiger partial charge in [0.25, 0.3) is 0 Å². The lowest BCUT2D eigenvalue weighted by atomic mass is 9.97. The van der Waals surface area contributed by atoms with Crippen LogP contribution in [0.4, 0.5) is 0 Å². The Morgan fingerprint density at radius 1 is 0.474 bits per heavy atom. The average Bonchev–Trinajstić information content (AvgIpc) is 3.47. The standard InChI is InChI=1S/C64H111NO13/c1-3-5-7-9-11-13-15-16-17-18-19-20-21-22-23-24-25-26-27-28-29-30-31-32-33-34-35-36-38-40-42-44-46-48-56(69)65-52(53(68)47-45-43-41-39-37-14-12-10-8-6-4-2)51-75-63-61(74)59(72)62(55(50-67)77-63)78-64-60(73)58(71)57(70)54(49-66)76-64/h5,7,11,13,16-17,19-20,22-23,25-26,45,47,52-55,57-64,66-68,70-74H,3-4,6,8-10,12,14-15,18,21,24,27-44,46,48-51H2,1-2H3,(H,65,69)/b7-5-,13-11-,17-16-,20-19-,23-22-,26-25-,47-45+. The number of allylic oxidation sites excluding steroid dienone is 13. The van der Waals surface area contributed by atoms with Gasteiger partial charge < -0.3 is 65.1 Å². The van der Waals surface area contributed by atoms with Crippen LogP contribution in [0.2, 0.25) is 0 Å². The van der Waals surface area contributed by atoms with Crippen LogP contribution in [0, 0.1) is 0 Å². The van der Waals surface area contributed by atoms with Crippen molar-refractivity contribution in [3.05, 3.63) is 85.1 Å². The number of carbonyl (C=O) groups excluding carboxylic acids is 1. The summed E-state index contributed by atoms with van der Waals surface area (Å²) in [5, 5.41) is 86.9.